The summed E-state index contributed by atoms with van der Waals surface area (Å²) in [7, 11) is 0. The molecule has 2 aromatic heterocycles. The first-order valence-electron chi connectivity index (χ1n) is 14.1. The lowest BCUT2D eigenvalue weighted by atomic mass is 9.83. The van der Waals surface area contributed by atoms with Gasteiger partial charge in [0.05, 0.1) is 12.4 Å². The topological polar surface area (TPSA) is 156 Å². The molecule has 218 valence electrons. The van der Waals surface area contributed by atoms with Gasteiger partial charge in [0.25, 0.3) is 0 Å². The maximum atomic E-state index is 11.2. The monoisotopic (exact) mass is 577 g/mol. The minimum Gasteiger partial charge on any atom is -0.508 e. The highest BCUT2D eigenvalue weighted by atomic mass is 16.3. The van der Waals surface area contributed by atoms with Crippen LogP contribution in [-0.2, 0) is 0 Å². The largest absolute Gasteiger partial charge is 0.508 e. The molecule has 3 heterocycles. The zero-order chi connectivity index (χ0) is 29.8. The highest BCUT2D eigenvalue weighted by Gasteiger charge is 2.24. The molecule has 5 aromatic rings. The highest BCUT2D eigenvalue weighted by molar-refractivity contribution is 5.82. The van der Waals surface area contributed by atoms with E-state index in [-0.39, 0.29) is 11.5 Å². The quantitative estimate of drug-likeness (QED) is 0.208. The molecule has 0 radical (unpaired) electrons. The van der Waals surface area contributed by atoms with E-state index >= 15 is 0 Å². The molecule has 0 spiro atoms. The number of benzene rings is 3. The van der Waals surface area contributed by atoms with Crippen LogP contribution in [-0.4, -0.2) is 76.4 Å². The van der Waals surface area contributed by atoms with Crippen LogP contribution >= 0.6 is 0 Å². The summed E-state index contributed by atoms with van der Waals surface area (Å²) in [6.07, 6.45) is 6.88. The number of anilines is 1. The Morgan fingerprint density at radius 1 is 0.698 bits per heavy atom. The Balaban J connectivity index is 1.42. The Bertz CT molecular complexity index is 1670. The van der Waals surface area contributed by atoms with Crippen molar-refractivity contribution in [1.29, 1.82) is 0 Å². The molecule has 0 unspecified atom stereocenters. The number of aryl methyl sites for hydroxylation is 2. The Hall–Kier alpha value is -5.46. The van der Waals surface area contributed by atoms with Gasteiger partial charge in [-0.25, -0.2) is 0 Å². The van der Waals surface area contributed by atoms with Crippen molar-refractivity contribution in [3.05, 3.63) is 100 Å². The number of hydrogen-bond donors (Lipinski definition) is 2. The normalized spacial score (nSPS) is 14.6. The molecule has 1 fully saturated rings. The SMILES string of the molecule is Cc1nnnn1N=Cc1ccc(O)c(C(c2ccc(N3CCCCC3)cc2)c2cc(C=Nn3nnnc3C)ccc2O)c1. The van der Waals surface area contributed by atoms with E-state index in [1.54, 1.807) is 50.5 Å². The second kappa shape index (κ2) is 12.2. The third-order valence-electron chi connectivity index (χ3n) is 7.51. The maximum Gasteiger partial charge on any atom is 0.173 e. The lowest BCUT2D eigenvalue weighted by Gasteiger charge is -2.29. The van der Waals surface area contributed by atoms with Crippen molar-refractivity contribution >= 4 is 18.1 Å². The number of tetrazole rings is 2. The fraction of sp³-hybridized carbons (Fsp3) is 0.267. The molecule has 6 rings (SSSR count). The first-order chi connectivity index (χ1) is 21.0. The molecular formula is C30H31N11O2. The van der Waals surface area contributed by atoms with Crippen LogP contribution in [0.4, 0.5) is 5.69 Å². The van der Waals surface area contributed by atoms with Crippen LogP contribution in [0.3, 0.4) is 0 Å². The van der Waals surface area contributed by atoms with Crippen LogP contribution in [0.25, 0.3) is 0 Å². The summed E-state index contributed by atoms with van der Waals surface area (Å²) in [5.74, 6) is 0.748. The van der Waals surface area contributed by atoms with E-state index in [2.05, 4.69) is 70.4 Å². The van der Waals surface area contributed by atoms with Gasteiger partial charge in [-0.1, -0.05) is 12.1 Å². The minimum atomic E-state index is -0.512. The van der Waals surface area contributed by atoms with Gasteiger partial charge < -0.3 is 15.1 Å². The van der Waals surface area contributed by atoms with Crippen molar-refractivity contribution in [1.82, 2.24) is 40.6 Å². The Kier molecular flexibility index (Phi) is 7.85. The van der Waals surface area contributed by atoms with E-state index in [9.17, 15) is 10.2 Å². The van der Waals surface area contributed by atoms with Crippen LogP contribution in [0.2, 0.25) is 0 Å². The number of nitrogens with zero attached hydrogens (tertiary/aromatic N) is 11. The van der Waals surface area contributed by atoms with Crippen LogP contribution < -0.4 is 4.90 Å². The summed E-state index contributed by atoms with van der Waals surface area (Å²) in [4.78, 5) is 5.04. The molecule has 1 aliphatic heterocycles. The summed E-state index contributed by atoms with van der Waals surface area (Å²) in [5.41, 5.74) is 4.72. The summed E-state index contributed by atoms with van der Waals surface area (Å²) >= 11 is 0. The van der Waals surface area contributed by atoms with Crippen molar-refractivity contribution in [2.24, 2.45) is 10.2 Å². The predicted octanol–water partition coefficient (Wildman–Crippen LogP) is 3.62. The smallest absolute Gasteiger partial charge is 0.173 e. The van der Waals surface area contributed by atoms with Gasteiger partial charge in [-0.05, 0) is 119 Å². The number of hydrogen-bond acceptors (Lipinski definition) is 11. The average Bonchev–Trinajstić information content (AvgIpc) is 3.65. The van der Waals surface area contributed by atoms with Gasteiger partial charge in [0.1, 0.15) is 11.5 Å². The van der Waals surface area contributed by atoms with Crippen molar-refractivity contribution in [3.63, 3.8) is 0 Å². The molecule has 0 bridgehead atoms. The molecule has 0 amide bonds. The van der Waals surface area contributed by atoms with Crippen molar-refractivity contribution in [2.45, 2.75) is 39.0 Å². The summed E-state index contributed by atoms with van der Waals surface area (Å²) < 4.78 is 0. The predicted molar refractivity (Wildman–Crippen MR) is 161 cm³/mol. The van der Waals surface area contributed by atoms with Crippen molar-refractivity contribution in [2.75, 3.05) is 18.0 Å². The van der Waals surface area contributed by atoms with Crippen LogP contribution in [0, 0.1) is 13.8 Å². The van der Waals surface area contributed by atoms with E-state index in [1.165, 1.54) is 28.8 Å². The Morgan fingerprint density at radius 2 is 1.21 bits per heavy atom. The lowest BCUT2D eigenvalue weighted by molar-refractivity contribution is 0.458. The van der Waals surface area contributed by atoms with Gasteiger partial charge >= 0.3 is 0 Å². The molecule has 2 N–H and O–H groups in total. The van der Waals surface area contributed by atoms with E-state index < -0.39 is 5.92 Å². The highest BCUT2D eigenvalue weighted by Crippen LogP contribution is 2.41. The number of aromatic nitrogens is 8. The molecule has 0 aliphatic carbocycles. The fourth-order valence-corrected chi connectivity index (χ4v) is 5.24. The fourth-order valence-electron chi connectivity index (χ4n) is 5.24. The maximum absolute atomic E-state index is 11.2. The minimum absolute atomic E-state index is 0.0867. The third kappa shape index (κ3) is 6.10. The molecule has 1 aliphatic rings. The summed E-state index contributed by atoms with van der Waals surface area (Å²) in [6, 6.07) is 18.8. The molecule has 1 saturated heterocycles. The van der Waals surface area contributed by atoms with E-state index in [0.717, 1.165) is 35.5 Å². The van der Waals surface area contributed by atoms with E-state index in [1.807, 2.05) is 12.1 Å². The molecule has 13 heteroatoms. The standard InChI is InChI=1S/C30H31N11O2/c1-20-33-35-37-40(20)31-18-22-6-12-28(42)26(16-22)30(24-8-10-25(11-9-24)39-14-4-3-5-15-39)27-17-23(7-13-29(27)43)19-32-41-21(2)34-36-38-41/h6-13,16-19,30,42-43H,3-5,14-15H2,1-2H3. The molecule has 0 saturated carbocycles. The first-order valence-corrected chi connectivity index (χ1v) is 14.1. The van der Waals surface area contributed by atoms with Crippen LogP contribution in [0.5, 0.6) is 11.5 Å². The van der Waals surface area contributed by atoms with Gasteiger partial charge in [-0.2, -0.15) is 10.2 Å². The van der Waals surface area contributed by atoms with Crippen molar-refractivity contribution in [3.8, 4) is 11.5 Å². The van der Waals surface area contributed by atoms with Crippen LogP contribution in [0.15, 0.2) is 70.9 Å². The zero-order valence-corrected chi connectivity index (χ0v) is 23.9. The summed E-state index contributed by atoms with van der Waals surface area (Å²) in [5, 5.41) is 53.7. The molecule has 0 atom stereocenters. The zero-order valence-electron chi connectivity index (χ0n) is 23.9. The second-order valence-electron chi connectivity index (χ2n) is 10.4. The first kappa shape index (κ1) is 27.7. The van der Waals surface area contributed by atoms with Crippen molar-refractivity contribution < 1.29 is 10.2 Å². The number of phenolic OH excluding ortho intramolecular Hbond substituents is 2. The van der Waals surface area contributed by atoms with Crippen LogP contribution in [0.1, 0.15) is 64.6 Å². The number of rotatable bonds is 8. The number of aromatic hydroxyl groups is 2. The van der Waals surface area contributed by atoms with Gasteiger partial charge in [0, 0.05) is 35.8 Å². The molecule has 43 heavy (non-hydrogen) atoms. The third-order valence-corrected chi connectivity index (χ3v) is 7.51. The van der Waals surface area contributed by atoms with Gasteiger partial charge in [0.2, 0.25) is 0 Å². The molecule has 13 nitrogen and oxygen atoms in total. The Morgan fingerprint density at radius 3 is 1.67 bits per heavy atom. The van der Waals surface area contributed by atoms with Gasteiger partial charge in [0.15, 0.2) is 11.6 Å². The van der Waals surface area contributed by atoms with Gasteiger partial charge in [-0.3, -0.25) is 0 Å². The molecule has 3 aromatic carbocycles. The van der Waals surface area contributed by atoms with E-state index in [0.29, 0.717) is 22.8 Å². The Labute approximate surface area is 247 Å². The summed E-state index contributed by atoms with van der Waals surface area (Å²) in [6.45, 7) is 5.58. The molecular weight excluding hydrogens is 546 g/mol. The average molecular weight is 578 g/mol. The number of piperidine rings is 1. The lowest BCUT2D eigenvalue weighted by Crippen LogP contribution is -2.29. The second-order valence-corrected chi connectivity index (χ2v) is 10.4. The van der Waals surface area contributed by atoms with Gasteiger partial charge in [-0.15, -0.1) is 19.8 Å². The van der Waals surface area contributed by atoms with E-state index in [4.69, 9.17) is 0 Å². The number of phenols is 2.